The molecule has 158 valence electrons. The van der Waals surface area contributed by atoms with E-state index in [9.17, 15) is 13.2 Å². The van der Waals surface area contributed by atoms with Crippen molar-refractivity contribution in [3.8, 4) is 11.3 Å². The fraction of sp³-hybridized carbons (Fsp3) is 0.130. The van der Waals surface area contributed by atoms with Crippen molar-refractivity contribution >= 4 is 32.2 Å². The van der Waals surface area contributed by atoms with Crippen LogP contribution in [-0.2, 0) is 15.6 Å². The van der Waals surface area contributed by atoms with Crippen LogP contribution < -0.4 is 5.32 Å². The topological polar surface area (TPSA) is 89.3 Å². The van der Waals surface area contributed by atoms with Gasteiger partial charge in [0.05, 0.1) is 10.6 Å². The minimum atomic E-state index is -3.55. The van der Waals surface area contributed by atoms with E-state index in [0.29, 0.717) is 5.13 Å². The lowest BCUT2D eigenvalue weighted by Gasteiger charge is -2.03. The van der Waals surface area contributed by atoms with Crippen LogP contribution in [0.3, 0.4) is 0 Å². The zero-order valence-electron chi connectivity index (χ0n) is 17.0. The Balaban J connectivity index is 1.46. The molecule has 31 heavy (non-hydrogen) atoms. The number of sulfone groups is 1. The molecule has 2 aromatic carbocycles. The monoisotopic (exact) mass is 452 g/mol. The van der Waals surface area contributed by atoms with Crippen LogP contribution in [0.4, 0.5) is 5.13 Å². The molecule has 0 saturated heterocycles. The summed E-state index contributed by atoms with van der Waals surface area (Å²) in [6.07, 6.45) is 0. The Morgan fingerprint density at radius 2 is 1.84 bits per heavy atom. The normalized spacial score (nSPS) is 11.4. The molecule has 2 heterocycles. The highest BCUT2D eigenvalue weighted by Gasteiger charge is 2.20. The van der Waals surface area contributed by atoms with Gasteiger partial charge < -0.3 is 4.42 Å². The van der Waals surface area contributed by atoms with Crippen molar-refractivity contribution in [1.82, 2.24) is 4.98 Å². The van der Waals surface area contributed by atoms with Gasteiger partial charge in [-0.2, -0.15) is 0 Å². The Morgan fingerprint density at radius 1 is 1.06 bits per heavy atom. The Hall–Kier alpha value is -3.23. The van der Waals surface area contributed by atoms with Gasteiger partial charge in [0.1, 0.15) is 11.5 Å². The number of aryl methyl sites for hydroxylation is 2. The first kappa shape index (κ1) is 21.0. The van der Waals surface area contributed by atoms with Crippen LogP contribution in [0.1, 0.15) is 27.4 Å². The van der Waals surface area contributed by atoms with Gasteiger partial charge in [-0.15, -0.1) is 11.3 Å². The molecule has 4 aromatic rings. The number of rotatable bonds is 6. The zero-order chi connectivity index (χ0) is 22.0. The maximum Gasteiger partial charge on any atom is 0.293 e. The lowest BCUT2D eigenvalue weighted by atomic mass is 10.0. The van der Waals surface area contributed by atoms with Crippen LogP contribution in [0, 0.1) is 13.8 Å². The van der Waals surface area contributed by atoms with Gasteiger partial charge >= 0.3 is 0 Å². The zero-order valence-corrected chi connectivity index (χ0v) is 18.6. The van der Waals surface area contributed by atoms with Crippen LogP contribution in [0.2, 0.25) is 0 Å². The SMILES string of the molecule is Cc1ccc(-c2csc(NC(=O)c3ccc(CS(=O)(=O)c4ccccc4)o3)n2)c(C)c1. The number of aromatic nitrogens is 1. The van der Waals surface area contributed by atoms with E-state index < -0.39 is 15.7 Å². The van der Waals surface area contributed by atoms with Gasteiger partial charge in [-0.3, -0.25) is 10.1 Å². The van der Waals surface area contributed by atoms with Crippen molar-refractivity contribution in [2.45, 2.75) is 24.5 Å². The van der Waals surface area contributed by atoms with E-state index in [1.54, 1.807) is 18.2 Å². The summed E-state index contributed by atoms with van der Waals surface area (Å²) in [5, 5.41) is 5.03. The lowest BCUT2D eigenvalue weighted by Crippen LogP contribution is -2.10. The molecular weight excluding hydrogens is 432 g/mol. The van der Waals surface area contributed by atoms with Gasteiger partial charge in [-0.25, -0.2) is 13.4 Å². The number of nitrogens with one attached hydrogen (secondary N) is 1. The molecule has 0 spiro atoms. The first-order chi connectivity index (χ1) is 14.8. The second kappa shape index (κ2) is 8.49. The summed E-state index contributed by atoms with van der Waals surface area (Å²) in [6, 6.07) is 17.2. The molecule has 6 nitrogen and oxygen atoms in total. The Labute approximate surface area is 184 Å². The predicted molar refractivity (Wildman–Crippen MR) is 121 cm³/mol. The van der Waals surface area contributed by atoms with E-state index in [1.165, 1.54) is 41.2 Å². The number of thiazole rings is 1. The third-order valence-corrected chi connectivity index (χ3v) is 7.12. The van der Waals surface area contributed by atoms with Crippen molar-refractivity contribution in [2.24, 2.45) is 0 Å². The molecule has 0 atom stereocenters. The lowest BCUT2D eigenvalue weighted by molar-refractivity contribution is 0.0995. The standard InChI is InChI=1S/C23H20N2O4S2/c1-15-8-10-19(16(2)12-15)20-13-30-23(24-20)25-22(26)21-11-9-17(29-21)14-31(27,28)18-6-4-3-5-7-18/h3-13H,14H2,1-2H3,(H,24,25,26). The van der Waals surface area contributed by atoms with Crippen LogP contribution in [0.5, 0.6) is 0 Å². The molecule has 0 aliphatic carbocycles. The van der Waals surface area contributed by atoms with Crippen molar-refractivity contribution in [3.63, 3.8) is 0 Å². The molecule has 1 amide bonds. The van der Waals surface area contributed by atoms with E-state index in [0.717, 1.165) is 16.8 Å². The van der Waals surface area contributed by atoms with Gasteiger partial charge in [0.15, 0.2) is 20.7 Å². The quantitative estimate of drug-likeness (QED) is 0.432. The summed E-state index contributed by atoms with van der Waals surface area (Å²) in [5.41, 5.74) is 4.08. The molecule has 0 fully saturated rings. The van der Waals surface area contributed by atoms with Gasteiger partial charge in [-0.1, -0.05) is 42.0 Å². The summed E-state index contributed by atoms with van der Waals surface area (Å²) in [7, 11) is -3.55. The highest BCUT2D eigenvalue weighted by molar-refractivity contribution is 7.90. The Kier molecular flexibility index (Phi) is 5.75. The molecule has 4 rings (SSSR count). The summed E-state index contributed by atoms with van der Waals surface area (Å²) in [5.74, 6) is -0.575. The number of furan rings is 1. The summed E-state index contributed by atoms with van der Waals surface area (Å²) >= 11 is 1.31. The maximum absolute atomic E-state index is 12.5. The molecule has 0 aliphatic rings. The molecule has 0 unspecified atom stereocenters. The first-order valence-corrected chi connectivity index (χ1v) is 12.1. The number of anilines is 1. The van der Waals surface area contributed by atoms with E-state index in [-0.39, 0.29) is 22.2 Å². The van der Waals surface area contributed by atoms with Gasteiger partial charge in [0.25, 0.3) is 5.91 Å². The van der Waals surface area contributed by atoms with Crippen molar-refractivity contribution in [2.75, 3.05) is 5.32 Å². The highest BCUT2D eigenvalue weighted by atomic mass is 32.2. The van der Waals surface area contributed by atoms with Crippen LogP contribution in [-0.4, -0.2) is 19.3 Å². The fourth-order valence-corrected chi connectivity index (χ4v) is 5.16. The molecule has 0 saturated carbocycles. The number of hydrogen-bond acceptors (Lipinski definition) is 6. The highest BCUT2D eigenvalue weighted by Crippen LogP contribution is 2.28. The minimum absolute atomic E-state index is 0.0292. The average molecular weight is 453 g/mol. The molecule has 1 N–H and O–H groups in total. The van der Waals surface area contributed by atoms with Crippen molar-refractivity contribution in [3.05, 3.63) is 88.7 Å². The Morgan fingerprint density at radius 3 is 2.58 bits per heavy atom. The predicted octanol–water partition coefficient (Wildman–Crippen LogP) is 5.25. The third kappa shape index (κ3) is 4.76. The molecular formula is C23H20N2O4S2. The van der Waals surface area contributed by atoms with Crippen molar-refractivity contribution in [1.29, 1.82) is 0 Å². The van der Waals surface area contributed by atoms with Gasteiger partial charge in [-0.05, 0) is 43.7 Å². The second-order valence-corrected chi connectivity index (χ2v) is 10.00. The average Bonchev–Trinajstić information content (AvgIpc) is 3.38. The summed E-state index contributed by atoms with van der Waals surface area (Å²) in [6.45, 7) is 4.06. The summed E-state index contributed by atoms with van der Waals surface area (Å²) in [4.78, 5) is 17.2. The number of nitrogens with zero attached hydrogens (tertiary/aromatic N) is 1. The van der Waals surface area contributed by atoms with E-state index in [2.05, 4.69) is 16.4 Å². The molecule has 0 radical (unpaired) electrons. The fourth-order valence-electron chi connectivity index (χ4n) is 3.19. The van der Waals surface area contributed by atoms with E-state index in [1.807, 2.05) is 31.4 Å². The number of carbonyl (C=O) groups excluding carboxylic acids is 1. The number of carbonyl (C=O) groups is 1. The number of amides is 1. The van der Waals surface area contributed by atoms with Crippen molar-refractivity contribution < 1.29 is 17.6 Å². The minimum Gasteiger partial charge on any atom is -0.455 e. The number of hydrogen-bond donors (Lipinski definition) is 1. The van der Waals surface area contributed by atoms with Crippen LogP contribution >= 0.6 is 11.3 Å². The van der Waals surface area contributed by atoms with E-state index >= 15 is 0 Å². The summed E-state index contributed by atoms with van der Waals surface area (Å²) < 4.78 is 30.5. The van der Waals surface area contributed by atoms with Crippen LogP contribution in [0.25, 0.3) is 11.3 Å². The second-order valence-electron chi connectivity index (χ2n) is 7.15. The molecule has 0 bridgehead atoms. The molecule has 0 aliphatic heterocycles. The number of benzene rings is 2. The smallest absolute Gasteiger partial charge is 0.293 e. The molecule has 2 aromatic heterocycles. The van der Waals surface area contributed by atoms with Gasteiger partial charge in [0, 0.05) is 10.9 Å². The maximum atomic E-state index is 12.5. The van der Waals surface area contributed by atoms with Crippen LogP contribution in [0.15, 0.2) is 75.4 Å². The Bertz CT molecular complexity index is 1340. The first-order valence-electron chi connectivity index (χ1n) is 9.53. The molecule has 8 heteroatoms. The third-order valence-electron chi connectivity index (χ3n) is 4.70. The van der Waals surface area contributed by atoms with E-state index in [4.69, 9.17) is 4.42 Å². The van der Waals surface area contributed by atoms with Gasteiger partial charge in [0.2, 0.25) is 0 Å². The largest absolute Gasteiger partial charge is 0.455 e.